The summed E-state index contributed by atoms with van der Waals surface area (Å²) >= 11 is 16.7. The number of fused-ring (bicyclic) bond motifs is 4. The van der Waals surface area contributed by atoms with E-state index >= 15 is 0 Å². The molecule has 10 nitrogen and oxygen atoms in total. The zero-order valence-corrected chi connectivity index (χ0v) is 31.6. The molecule has 0 unspecified atom stereocenters. The minimum Gasteiger partial charge on any atom is -0.462 e. The van der Waals surface area contributed by atoms with E-state index in [0.717, 1.165) is 37.2 Å². The fraction of sp³-hybridized carbons (Fsp3) is 0.154. The molecule has 266 valence electrons. The summed E-state index contributed by atoms with van der Waals surface area (Å²) in [6.45, 7) is 4.77. The van der Waals surface area contributed by atoms with Crippen LogP contribution in [0, 0.1) is 0 Å². The number of rotatable bonds is 10. The van der Waals surface area contributed by atoms with Gasteiger partial charge >= 0.3 is 5.97 Å². The lowest BCUT2D eigenvalue weighted by Gasteiger charge is -2.15. The lowest BCUT2D eigenvalue weighted by atomic mass is 10.1. The van der Waals surface area contributed by atoms with Crippen molar-refractivity contribution in [3.8, 4) is 22.8 Å². The Labute approximate surface area is 320 Å². The number of nitrogens with two attached hydrogens (primary N) is 2. The van der Waals surface area contributed by atoms with E-state index in [1.165, 1.54) is 11.3 Å². The van der Waals surface area contributed by atoms with Gasteiger partial charge in [-0.15, -0.1) is 22.7 Å². The third-order valence-corrected chi connectivity index (χ3v) is 12.3. The van der Waals surface area contributed by atoms with Crippen LogP contribution in [0.4, 0.5) is 0 Å². The third-order valence-electron chi connectivity index (χ3n) is 9.24. The number of imidazole rings is 2. The van der Waals surface area contributed by atoms with Gasteiger partial charge in [0.25, 0.3) is 0 Å². The maximum Gasteiger partial charge on any atom is 0.349 e. The van der Waals surface area contributed by atoms with Crippen molar-refractivity contribution in [1.82, 2.24) is 19.1 Å². The van der Waals surface area contributed by atoms with Crippen molar-refractivity contribution < 1.29 is 19.1 Å². The second-order valence-corrected chi connectivity index (χ2v) is 15.3. The number of thiophene rings is 2. The van der Waals surface area contributed by atoms with Crippen molar-refractivity contribution in [1.29, 1.82) is 0 Å². The number of primary amides is 2. The Morgan fingerprint density at radius 3 is 1.74 bits per heavy atom. The molecule has 0 bridgehead atoms. The Hall–Kier alpha value is -5.27. The number of aryl methyl sites for hydroxylation is 3. The molecule has 0 radical (unpaired) electrons. The average molecular weight is 782 g/mol. The molecule has 4 aromatic heterocycles. The second-order valence-electron chi connectivity index (χ2n) is 12.3. The third kappa shape index (κ3) is 5.82. The number of amides is 2. The van der Waals surface area contributed by atoms with Crippen LogP contribution in [0.3, 0.4) is 0 Å². The summed E-state index contributed by atoms with van der Waals surface area (Å²) in [6.07, 6.45) is 0.752. The van der Waals surface area contributed by atoms with Crippen LogP contribution < -0.4 is 11.5 Å². The first-order valence-electron chi connectivity index (χ1n) is 16.8. The lowest BCUT2D eigenvalue weighted by molar-refractivity contribution is 0.0532. The number of nitrogens with zero attached hydrogens (tertiary/aromatic N) is 4. The maximum absolute atomic E-state index is 13.5. The molecule has 8 rings (SSSR count). The molecule has 0 spiro atoms. The number of carbonyl (C=O) groups excluding carboxylic acids is 3. The molecule has 8 aromatic rings. The highest BCUT2D eigenvalue weighted by Gasteiger charge is 2.28. The normalized spacial score (nSPS) is 11.7. The molecule has 0 saturated carbocycles. The predicted molar refractivity (Wildman–Crippen MR) is 213 cm³/mol. The van der Waals surface area contributed by atoms with Gasteiger partial charge in [-0.1, -0.05) is 42.3 Å². The van der Waals surface area contributed by atoms with Crippen LogP contribution in [0.25, 0.3) is 65.0 Å². The van der Waals surface area contributed by atoms with Crippen LogP contribution in [-0.4, -0.2) is 43.5 Å². The summed E-state index contributed by atoms with van der Waals surface area (Å²) < 4.78 is 11.5. The van der Waals surface area contributed by atoms with Gasteiger partial charge in [0.15, 0.2) is 0 Å². The van der Waals surface area contributed by atoms with Crippen molar-refractivity contribution in [3.63, 3.8) is 0 Å². The Bertz CT molecular complexity index is 2820. The second kappa shape index (κ2) is 13.6. The standard InChI is InChI=1S/C39H30Cl2N6O4S2/c1-3-27-32(30-21(40)7-5-9-28(30)52-27)37-44-23-17-19(35(42)48)11-13-25(23)46(37)15-16-47-26-14-12-20(36(43)49)18-24(26)45-38(47)33-31-22(41)8-6-10-29(31)53-34(33)39(50)51-4-2/h5-14,17-18H,3-4,15-16H2,1-2H3,(H2,42,48)(H2,43,49). The van der Waals surface area contributed by atoms with E-state index in [-0.39, 0.29) is 6.61 Å². The van der Waals surface area contributed by atoms with Gasteiger partial charge < -0.3 is 25.3 Å². The van der Waals surface area contributed by atoms with Crippen LogP contribution in [0.2, 0.25) is 10.0 Å². The molecule has 0 aliphatic heterocycles. The summed E-state index contributed by atoms with van der Waals surface area (Å²) in [5.41, 5.74) is 16.1. The van der Waals surface area contributed by atoms with Gasteiger partial charge in [-0.05, 0) is 74.0 Å². The first-order valence-corrected chi connectivity index (χ1v) is 19.2. The molecule has 53 heavy (non-hydrogen) atoms. The summed E-state index contributed by atoms with van der Waals surface area (Å²) in [6, 6.07) is 21.7. The van der Waals surface area contributed by atoms with E-state index in [4.69, 9.17) is 49.4 Å². The van der Waals surface area contributed by atoms with E-state index in [9.17, 15) is 14.4 Å². The van der Waals surface area contributed by atoms with Gasteiger partial charge in [0.05, 0.1) is 39.3 Å². The number of benzene rings is 4. The monoisotopic (exact) mass is 780 g/mol. The highest BCUT2D eigenvalue weighted by Crippen LogP contribution is 2.45. The molecular weight excluding hydrogens is 752 g/mol. The number of hydrogen-bond donors (Lipinski definition) is 2. The Morgan fingerprint density at radius 1 is 0.717 bits per heavy atom. The van der Waals surface area contributed by atoms with Crippen LogP contribution in [-0.2, 0) is 24.2 Å². The number of ether oxygens (including phenoxy) is 1. The van der Waals surface area contributed by atoms with E-state index in [0.29, 0.717) is 78.3 Å². The molecule has 4 aromatic carbocycles. The van der Waals surface area contributed by atoms with Crippen molar-refractivity contribution in [2.75, 3.05) is 6.61 Å². The molecule has 4 N–H and O–H groups in total. The fourth-order valence-corrected chi connectivity index (χ4v) is 9.84. The van der Waals surface area contributed by atoms with Gasteiger partial charge in [-0.3, -0.25) is 9.59 Å². The van der Waals surface area contributed by atoms with Gasteiger partial charge in [-0.2, -0.15) is 0 Å². The quantitative estimate of drug-likeness (QED) is 0.132. The van der Waals surface area contributed by atoms with E-state index < -0.39 is 17.8 Å². The largest absolute Gasteiger partial charge is 0.462 e. The predicted octanol–water partition coefficient (Wildman–Crippen LogP) is 9.09. The van der Waals surface area contributed by atoms with Crippen LogP contribution >= 0.6 is 45.9 Å². The zero-order valence-electron chi connectivity index (χ0n) is 28.4. The number of carbonyl (C=O) groups is 3. The number of esters is 1. The number of halogens is 2. The highest BCUT2D eigenvalue weighted by molar-refractivity contribution is 7.21. The highest BCUT2D eigenvalue weighted by atomic mass is 35.5. The molecule has 0 atom stereocenters. The summed E-state index contributed by atoms with van der Waals surface area (Å²) in [5, 5.41) is 2.66. The minimum atomic E-state index is -0.586. The van der Waals surface area contributed by atoms with Crippen molar-refractivity contribution in [3.05, 3.63) is 104 Å². The first-order chi connectivity index (χ1) is 25.6. The summed E-state index contributed by atoms with van der Waals surface area (Å²) in [7, 11) is 0. The van der Waals surface area contributed by atoms with Crippen LogP contribution in [0.5, 0.6) is 0 Å². The maximum atomic E-state index is 13.5. The van der Waals surface area contributed by atoms with E-state index in [1.807, 2.05) is 34.9 Å². The molecule has 4 heterocycles. The summed E-state index contributed by atoms with van der Waals surface area (Å²) in [5.74, 6) is -0.458. The van der Waals surface area contributed by atoms with Crippen molar-refractivity contribution in [2.24, 2.45) is 11.5 Å². The van der Waals surface area contributed by atoms with Crippen LogP contribution in [0.1, 0.15) is 49.1 Å². The van der Waals surface area contributed by atoms with Gasteiger partial charge in [-0.25, -0.2) is 14.8 Å². The van der Waals surface area contributed by atoms with Crippen molar-refractivity contribution in [2.45, 2.75) is 33.4 Å². The SMILES string of the molecule is CCOC(=O)c1sc2cccc(Cl)c2c1-c1nc2cc(C(N)=O)ccc2n1CCn1c(-c2c(CC)sc3cccc(Cl)c23)nc2cc(C(N)=O)ccc21. The topological polar surface area (TPSA) is 148 Å². The molecule has 0 aliphatic rings. The van der Waals surface area contributed by atoms with E-state index in [1.54, 1.807) is 54.7 Å². The average Bonchev–Trinajstić information content (AvgIpc) is 3.90. The van der Waals surface area contributed by atoms with Gasteiger partial charge in [0, 0.05) is 59.9 Å². The first kappa shape index (κ1) is 34.8. The smallest absolute Gasteiger partial charge is 0.349 e. The van der Waals surface area contributed by atoms with E-state index in [2.05, 4.69) is 17.6 Å². The number of aromatic nitrogens is 4. The Morgan fingerprint density at radius 2 is 1.23 bits per heavy atom. The Kier molecular flexibility index (Phi) is 8.94. The zero-order chi connectivity index (χ0) is 37.1. The molecule has 2 amide bonds. The fourth-order valence-electron chi connectivity index (χ4n) is 6.90. The van der Waals surface area contributed by atoms with Crippen molar-refractivity contribution >= 4 is 106 Å². The molecular formula is C39H30Cl2N6O4S2. The number of hydrogen-bond acceptors (Lipinski definition) is 8. The molecule has 0 fully saturated rings. The molecule has 0 saturated heterocycles. The molecule has 0 aliphatic carbocycles. The Balaban J connectivity index is 1.37. The molecule has 14 heteroatoms. The van der Waals surface area contributed by atoms with Gasteiger partial charge in [0.1, 0.15) is 16.5 Å². The summed E-state index contributed by atoms with van der Waals surface area (Å²) in [4.78, 5) is 49.6. The minimum absolute atomic E-state index is 0.188. The van der Waals surface area contributed by atoms with Crippen LogP contribution in [0.15, 0.2) is 72.8 Å². The lowest BCUT2D eigenvalue weighted by Crippen LogP contribution is -2.12. The van der Waals surface area contributed by atoms with Gasteiger partial charge in [0.2, 0.25) is 11.8 Å².